The van der Waals surface area contributed by atoms with Gasteiger partial charge in [0.25, 0.3) is 5.91 Å². The molecule has 0 saturated heterocycles. The minimum atomic E-state index is -0.404. The molecule has 0 spiro atoms. The van der Waals surface area contributed by atoms with E-state index in [4.69, 9.17) is 4.74 Å². The van der Waals surface area contributed by atoms with Crippen molar-refractivity contribution in [2.75, 3.05) is 12.3 Å². The number of nitrogens with one attached hydrogen (secondary N) is 1. The number of amides is 1. The summed E-state index contributed by atoms with van der Waals surface area (Å²) in [6.07, 6.45) is 5.69. The first-order valence-electron chi connectivity index (χ1n) is 8.31. The number of thioether (sulfide) groups is 1. The van der Waals surface area contributed by atoms with E-state index in [9.17, 15) is 4.79 Å². The number of ether oxygens (including phenoxy) is 1. The van der Waals surface area contributed by atoms with Crippen LogP contribution in [0.4, 0.5) is 0 Å². The Kier molecular flexibility index (Phi) is 7.10. The lowest BCUT2D eigenvalue weighted by Gasteiger charge is -2.18. The predicted octanol–water partition coefficient (Wildman–Crippen LogP) is 3.94. The van der Waals surface area contributed by atoms with E-state index in [-0.39, 0.29) is 5.91 Å². The second kappa shape index (κ2) is 9.09. The molecule has 0 aliphatic heterocycles. The molecular formula is C18H27NO2S. The standard InChI is InChI=1S/C18H27NO2S/c1-3-17(21-15-8-6-7-14(2)13-15)18(20)19-11-12-22-16-9-4-5-10-16/h6-8,13,16-17H,3-5,9-12H2,1-2H3,(H,19,20). The highest BCUT2D eigenvalue weighted by Gasteiger charge is 2.19. The van der Waals surface area contributed by atoms with Crippen molar-refractivity contribution in [1.29, 1.82) is 0 Å². The van der Waals surface area contributed by atoms with Gasteiger partial charge in [0.15, 0.2) is 6.10 Å². The van der Waals surface area contributed by atoms with E-state index in [1.165, 1.54) is 25.7 Å². The normalized spacial score (nSPS) is 16.5. The Morgan fingerprint density at radius 2 is 2.18 bits per heavy atom. The summed E-state index contributed by atoms with van der Waals surface area (Å²) in [4.78, 5) is 12.2. The molecule has 1 fully saturated rings. The summed E-state index contributed by atoms with van der Waals surface area (Å²) < 4.78 is 5.82. The van der Waals surface area contributed by atoms with Crippen LogP contribution in [0.2, 0.25) is 0 Å². The van der Waals surface area contributed by atoms with Crippen LogP contribution in [-0.2, 0) is 4.79 Å². The van der Waals surface area contributed by atoms with Gasteiger partial charge < -0.3 is 10.1 Å². The van der Waals surface area contributed by atoms with Crippen LogP contribution >= 0.6 is 11.8 Å². The molecule has 1 aromatic rings. The number of aryl methyl sites for hydroxylation is 1. The van der Waals surface area contributed by atoms with E-state index >= 15 is 0 Å². The molecule has 1 N–H and O–H groups in total. The molecule has 4 heteroatoms. The Bertz CT molecular complexity index is 472. The summed E-state index contributed by atoms with van der Waals surface area (Å²) in [6, 6.07) is 7.84. The fourth-order valence-corrected chi connectivity index (χ4v) is 3.96. The van der Waals surface area contributed by atoms with Crippen molar-refractivity contribution in [2.24, 2.45) is 0 Å². The summed E-state index contributed by atoms with van der Waals surface area (Å²) >= 11 is 2.00. The fourth-order valence-electron chi connectivity index (χ4n) is 2.74. The number of rotatable bonds is 8. The van der Waals surface area contributed by atoms with Gasteiger partial charge in [0, 0.05) is 17.5 Å². The molecule has 0 aromatic heterocycles. The Morgan fingerprint density at radius 3 is 2.86 bits per heavy atom. The van der Waals surface area contributed by atoms with Crippen LogP contribution in [0.3, 0.4) is 0 Å². The third-order valence-electron chi connectivity index (χ3n) is 3.99. The first-order chi connectivity index (χ1) is 10.7. The van der Waals surface area contributed by atoms with Gasteiger partial charge in [-0.05, 0) is 43.9 Å². The van der Waals surface area contributed by atoms with E-state index in [0.717, 1.165) is 28.9 Å². The van der Waals surface area contributed by atoms with E-state index < -0.39 is 6.10 Å². The van der Waals surface area contributed by atoms with E-state index in [2.05, 4.69) is 5.32 Å². The highest BCUT2D eigenvalue weighted by molar-refractivity contribution is 7.99. The summed E-state index contributed by atoms with van der Waals surface area (Å²) in [5, 5.41) is 3.82. The Hall–Kier alpha value is -1.16. The van der Waals surface area contributed by atoms with Crippen LogP contribution in [0.5, 0.6) is 5.75 Å². The van der Waals surface area contributed by atoms with Gasteiger partial charge in [0.1, 0.15) is 5.75 Å². The zero-order valence-corrected chi connectivity index (χ0v) is 14.5. The topological polar surface area (TPSA) is 38.3 Å². The molecular weight excluding hydrogens is 294 g/mol. The van der Waals surface area contributed by atoms with Crippen LogP contribution in [-0.4, -0.2) is 29.6 Å². The Labute approximate surface area is 138 Å². The van der Waals surface area contributed by atoms with Crippen LogP contribution in [0, 0.1) is 6.92 Å². The summed E-state index contributed by atoms with van der Waals surface area (Å²) in [7, 11) is 0. The minimum absolute atomic E-state index is 0.00368. The van der Waals surface area contributed by atoms with Crippen molar-refractivity contribution in [3.8, 4) is 5.75 Å². The van der Waals surface area contributed by atoms with Gasteiger partial charge in [0.2, 0.25) is 0 Å². The largest absolute Gasteiger partial charge is 0.481 e. The molecule has 3 nitrogen and oxygen atoms in total. The van der Waals surface area contributed by atoms with E-state index in [0.29, 0.717) is 6.42 Å². The predicted molar refractivity (Wildman–Crippen MR) is 93.6 cm³/mol. The highest BCUT2D eigenvalue weighted by Crippen LogP contribution is 2.28. The van der Waals surface area contributed by atoms with Crippen molar-refractivity contribution in [3.63, 3.8) is 0 Å². The minimum Gasteiger partial charge on any atom is -0.481 e. The van der Waals surface area contributed by atoms with Crippen molar-refractivity contribution < 1.29 is 9.53 Å². The number of carbonyl (C=O) groups is 1. The lowest BCUT2D eigenvalue weighted by Crippen LogP contribution is -2.39. The maximum absolute atomic E-state index is 12.2. The lowest BCUT2D eigenvalue weighted by molar-refractivity contribution is -0.127. The number of benzene rings is 1. The van der Waals surface area contributed by atoms with Gasteiger partial charge in [-0.3, -0.25) is 4.79 Å². The summed E-state index contributed by atoms with van der Waals surface area (Å²) in [5.74, 6) is 1.76. The number of hydrogen-bond donors (Lipinski definition) is 1. The summed E-state index contributed by atoms with van der Waals surface area (Å²) in [5.41, 5.74) is 1.14. The van der Waals surface area contributed by atoms with Crippen molar-refractivity contribution in [1.82, 2.24) is 5.32 Å². The molecule has 1 aliphatic rings. The number of hydrogen-bond acceptors (Lipinski definition) is 3. The zero-order valence-electron chi connectivity index (χ0n) is 13.6. The molecule has 1 aliphatic carbocycles. The van der Waals surface area contributed by atoms with Crippen LogP contribution in [0.1, 0.15) is 44.6 Å². The number of carbonyl (C=O) groups excluding carboxylic acids is 1. The van der Waals surface area contributed by atoms with Gasteiger partial charge in [0.05, 0.1) is 0 Å². The third kappa shape index (κ3) is 5.56. The highest BCUT2D eigenvalue weighted by atomic mass is 32.2. The first kappa shape index (κ1) is 17.2. The maximum atomic E-state index is 12.2. The molecule has 122 valence electrons. The van der Waals surface area contributed by atoms with Gasteiger partial charge in [-0.15, -0.1) is 0 Å². The maximum Gasteiger partial charge on any atom is 0.261 e. The molecule has 1 unspecified atom stereocenters. The van der Waals surface area contributed by atoms with Crippen molar-refractivity contribution >= 4 is 17.7 Å². The molecule has 0 bridgehead atoms. The second-order valence-corrected chi connectivity index (χ2v) is 7.31. The monoisotopic (exact) mass is 321 g/mol. The fraction of sp³-hybridized carbons (Fsp3) is 0.611. The zero-order chi connectivity index (χ0) is 15.8. The van der Waals surface area contributed by atoms with E-state index in [1.54, 1.807) is 0 Å². The Balaban J connectivity index is 1.71. The van der Waals surface area contributed by atoms with Gasteiger partial charge in [-0.25, -0.2) is 0 Å². The molecule has 1 atom stereocenters. The van der Waals surface area contributed by atoms with Gasteiger partial charge in [-0.2, -0.15) is 11.8 Å². The molecule has 0 heterocycles. The van der Waals surface area contributed by atoms with Crippen molar-refractivity contribution in [2.45, 2.75) is 57.3 Å². The molecule has 2 rings (SSSR count). The van der Waals surface area contributed by atoms with Crippen LogP contribution in [0.25, 0.3) is 0 Å². The SMILES string of the molecule is CCC(Oc1cccc(C)c1)C(=O)NCCSC1CCCC1. The second-order valence-electron chi connectivity index (χ2n) is 5.90. The van der Waals surface area contributed by atoms with Crippen LogP contribution < -0.4 is 10.1 Å². The average Bonchev–Trinajstić information content (AvgIpc) is 3.02. The third-order valence-corrected chi connectivity index (χ3v) is 5.37. The average molecular weight is 321 g/mol. The molecule has 22 heavy (non-hydrogen) atoms. The molecule has 1 aromatic carbocycles. The van der Waals surface area contributed by atoms with Gasteiger partial charge in [-0.1, -0.05) is 31.9 Å². The summed E-state index contributed by atoms with van der Waals surface area (Å²) in [6.45, 7) is 4.73. The van der Waals surface area contributed by atoms with Crippen molar-refractivity contribution in [3.05, 3.63) is 29.8 Å². The lowest BCUT2D eigenvalue weighted by atomic mass is 10.2. The van der Waals surface area contributed by atoms with Gasteiger partial charge >= 0.3 is 0 Å². The quantitative estimate of drug-likeness (QED) is 0.737. The molecule has 1 amide bonds. The molecule has 1 saturated carbocycles. The van der Waals surface area contributed by atoms with Crippen LogP contribution in [0.15, 0.2) is 24.3 Å². The Morgan fingerprint density at radius 1 is 1.41 bits per heavy atom. The smallest absolute Gasteiger partial charge is 0.261 e. The van der Waals surface area contributed by atoms with E-state index in [1.807, 2.05) is 49.9 Å². The molecule has 0 radical (unpaired) electrons. The first-order valence-corrected chi connectivity index (χ1v) is 9.36.